The van der Waals surface area contributed by atoms with Crippen LogP contribution in [0.3, 0.4) is 0 Å². The number of nitrogens with zero attached hydrogens (tertiary/aromatic N) is 2. The number of aromatic nitrogens is 1. The van der Waals surface area contributed by atoms with Gasteiger partial charge in [0.2, 0.25) is 0 Å². The molecule has 1 aromatic heterocycles. The van der Waals surface area contributed by atoms with E-state index in [9.17, 15) is 14.7 Å². The SMILES string of the molecule is COc1ccccc1CN(C(=O)OC(C)(C)C)c1nc(-c2ccc(O)c(C(N)=O)c2)cs1. The maximum absolute atomic E-state index is 13.0. The predicted molar refractivity (Wildman–Crippen MR) is 123 cm³/mol. The summed E-state index contributed by atoms with van der Waals surface area (Å²) in [5, 5.41) is 12.0. The lowest BCUT2D eigenvalue weighted by Crippen LogP contribution is -2.36. The van der Waals surface area contributed by atoms with Gasteiger partial charge in [-0.05, 0) is 45.0 Å². The number of hydrogen-bond donors (Lipinski definition) is 2. The van der Waals surface area contributed by atoms with E-state index in [2.05, 4.69) is 4.98 Å². The highest BCUT2D eigenvalue weighted by atomic mass is 32.1. The van der Waals surface area contributed by atoms with Gasteiger partial charge in [0.1, 0.15) is 17.1 Å². The van der Waals surface area contributed by atoms with Crippen LogP contribution < -0.4 is 15.4 Å². The second kappa shape index (κ2) is 9.27. The number of anilines is 1. The van der Waals surface area contributed by atoms with Gasteiger partial charge in [0.05, 0.1) is 24.9 Å². The maximum atomic E-state index is 13.0. The molecule has 2 amide bonds. The molecule has 1 heterocycles. The molecular weight excluding hydrogens is 430 g/mol. The second-order valence-electron chi connectivity index (χ2n) is 7.99. The third kappa shape index (κ3) is 5.36. The second-order valence-corrected chi connectivity index (χ2v) is 8.83. The van der Waals surface area contributed by atoms with Crippen LogP contribution in [0.5, 0.6) is 11.5 Å². The molecule has 9 heteroatoms. The van der Waals surface area contributed by atoms with Gasteiger partial charge in [0.25, 0.3) is 5.91 Å². The van der Waals surface area contributed by atoms with Crippen molar-refractivity contribution in [3.8, 4) is 22.8 Å². The van der Waals surface area contributed by atoms with Crippen molar-refractivity contribution in [2.45, 2.75) is 32.9 Å². The number of carbonyl (C=O) groups is 2. The highest BCUT2D eigenvalue weighted by molar-refractivity contribution is 7.14. The minimum Gasteiger partial charge on any atom is -0.507 e. The lowest BCUT2D eigenvalue weighted by molar-refractivity contribution is 0.0577. The maximum Gasteiger partial charge on any atom is 0.416 e. The number of para-hydroxylation sites is 1. The molecule has 0 aliphatic rings. The molecule has 0 bridgehead atoms. The lowest BCUT2D eigenvalue weighted by atomic mass is 10.1. The molecule has 3 N–H and O–H groups in total. The first kappa shape index (κ1) is 23.1. The van der Waals surface area contributed by atoms with Crippen LogP contribution in [0.1, 0.15) is 36.7 Å². The molecule has 0 atom stereocenters. The van der Waals surface area contributed by atoms with Crippen LogP contribution in [-0.2, 0) is 11.3 Å². The summed E-state index contributed by atoms with van der Waals surface area (Å²) in [6.45, 7) is 5.57. The number of ether oxygens (including phenoxy) is 2. The van der Waals surface area contributed by atoms with Crippen LogP contribution in [-0.4, -0.2) is 34.8 Å². The van der Waals surface area contributed by atoms with Crippen molar-refractivity contribution in [1.29, 1.82) is 0 Å². The van der Waals surface area contributed by atoms with Crippen molar-refractivity contribution >= 4 is 28.5 Å². The standard InChI is InChI=1S/C23H25N3O5S/c1-23(2,3)31-22(29)26(12-15-7-5-6-8-19(15)30-4)21-25-17(13-32-21)14-9-10-18(27)16(11-14)20(24)28/h5-11,13,27H,12H2,1-4H3,(H2,24,28). The zero-order valence-electron chi connectivity index (χ0n) is 18.3. The summed E-state index contributed by atoms with van der Waals surface area (Å²) in [4.78, 5) is 30.6. The molecule has 0 fully saturated rings. The molecule has 0 spiro atoms. The number of benzene rings is 2. The molecule has 0 saturated carbocycles. The molecule has 2 aromatic carbocycles. The number of hydrogen-bond acceptors (Lipinski definition) is 7. The molecule has 0 saturated heterocycles. The third-order valence-corrected chi connectivity index (χ3v) is 5.28. The first-order valence-electron chi connectivity index (χ1n) is 9.80. The Bertz CT molecular complexity index is 1140. The van der Waals surface area contributed by atoms with Gasteiger partial charge < -0.3 is 20.3 Å². The Morgan fingerprint density at radius 1 is 1.19 bits per heavy atom. The minimum absolute atomic E-state index is 0.00456. The van der Waals surface area contributed by atoms with Crippen molar-refractivity contribution < 1.29 is 24.2 Å². The summed E-state index contributed by atoms with van der Waals surface area (Å²) in [7, 11) is 1.57. The zero-order valence-corrected chi connectivity index (χ0v) is 19.1. The van der Waals surface area contributed by atoms with Crippen LogP contribution in [0.4, 0.5) is 9.93 Å². The number of carbonyl (C=O) groups excluding carboxylic acids is 2. The van der Waals surface area contributed by atoms with E-state index in [0.717, 1.165) is 5.56 Å². The van der Waals surface area contributed by atoms with E-state index in [0.29, 0.717) is 22.1 Å². The molecule has 0 aliphatic heterocycles. The molecule has 0 unspecified atom stereocenters. The van der Waals surface area contributed by atoms with E-state index in [1.54, 1.807) is 39.3 Å². The average Bonchev–Trinajstić information content (AvgIpc) is 3.20. The molecule has 3 rings (SSSR count). The van der Waals surface area contributed by atoms with Crippen molar-refractivity contribution in [1.82, 2.24) is 4.98 Å². The van der Waals surface area contributed by atoms with Crippen molar-refractivity contribution in [2.24, 2.45) is 5.73 Å². The highest BCUT2D eigenvalue weighted by Crippen LogP contribution is 2.32. The number of aromatic hydroxyl groups is 1. The summed E-state index contributed by atoms with van der Waals surface area (Å²) < 4.78 is 11.0. The van der Waals surface area contributed by atoms with Crippen LogP contribution in [0.15, 0.2) is 47.8 Å². The normalized spacial score (nSPS) is 11.1. The minimum atomic E-state index is -0.744. The van der Waals surface area contributed by atoms with Gasteiger partial charge in [0, 0.05) is 16.5 Å². The van der Waals surface area contributed by atoms with Crippen LogP contribution in [0, 0.1) is 0 Å². The van der Waals surface area contributed by atoms with Gasteiger partial charge in [-0.1, -0.05) is 18.2 Å². The van der Waals surface area contributed by atoms with E-state index >= 15 is 0 Å². The summed E-state index contributed by atoms with van der Waals surface area (Å²) in [6.07, 6.45) is -0.548. The Labute approximate surface area is 190 Å². The Morgan fingerprint density at radius 3 is 2.56 bits per heavy atom. The van der Waals surface area contributed by atoms with Gasteiger partial charge in [-0.25, -0.2) is 14.7 Å². The Kier molecular flexibility index (Phi) is 6.69. The summed E-state index contributed by atoms with van der Waals surface area (Å²) in [6, 6.07) is 11.9. The van der Waals surface area contributed by atoms with Gasteiger partial charge in [-0.3, -0.25) is 4.79 Å². The van der Waals surface area contributed by atoms with Gasteiger partial charge >= 0.3 is 6.09 Å². The smallest absolute Gasteiger partial charge is 0.416 e. The molecule has 3 aromatic rings. The average molecular weight is 456 g/mol. The van der Waals surface area contributed by atoms with Crippen LogP contribution >= 0.6 is 11.3 Å². The number of thiazole rings is 1. The number of amides is 2. The number of nitrogens with two attached hydrogens (primary N) is 1. The highest BCUT2D eigenvalue weighted by Gasteiger charge is 2.27. The topological polar surface area (TPSA) is 115 Å². The molecule has 0 aliphatic carbocycles. The van der Waals surface area contributed by atoms with Crippen LogP contribution in [0.25, 0.3) is 11.3 Å². The largest absolute Gasteiger partial charge is 0.507 e. The Morgan fingerprint density at radius 2 is 1.91 bits per heavy atom. The first-order valence-corrected chi connectivity index (χ1v) is 10.7. The number of phenols is 1. The zero-order chi connectivity index (χ0) is 23.5. The Balaban J connectivity index is 1.99. The summed E-state index contributed by atoms with van der Waals surface area (Å²) in [5.41, 5.74) is 6.54. The summed E-state index contributed by atoms with van der Waals surface area (Å²) in [5.74, 6) is -0.308. The molecule has 8 nitrogen and oxygen atoms in total. The number of rotatable bonds is 6. The van der Waals surface area contributed by atoms with E-state index in [-0.39, 0.29) is 17.9 Å². The van der Waals surface area contributed by atoms with E-state index < -0.39 is 17.6 Å². The van der Waals surface area contributed by atoms with Crippen LogP contribution in [0.2, 0.25) is 0 Å². The van der Waals surface area contributed by atoms with Gasteiger partial charge in [0.15, 0.2) is 5.13 Å². The fraction of sp³-hybridized carbons (Fsp3) is 0.261. The fourth-order valence-corrected chi connectivity index (χ4v) is 3.77. The number of primary amides is 1. The van der Waals surface area contributed by atoms with Gasteiger partial charge in [-0.15, -0.1) is 11.3 Å². The van der Waals surface area contributed by atoms with Crippen molar-refractivity contribution in [2.75, 3.05) is 12.0 Å². The molecule has 32 heavy (non-hydrogen) atoms. The number of methoxy groups -OCH3 is 1. The molecular formula is C23H25N3O5S. The first-order chi connectivity index (χ1) is 15.1. The molecule has 168 valence electrons. The quantitative estimate of drug-likeness (QED) is 0.563. The Hall–Kier alpha value is -3.59. The lowest BCUT2D eigenvalue weighted by Gasteiger charge is -2.26. The van der Waals surface area contributed by atoms with E-state index in [4.69, 9.17) is 15.2 Å². The van der Waals surface area contributed by atoms with Gasteiger partial charge in [-0.2, -0.15) is 0 Å². The third-order valence-electron chi connectivity index (χ3n) is 4.42. The summed E-state index contributed by atoms with van der Waals surface area (Å²) >= 11 is 1.25. The monoisotopic (exact) mass is 455 g/mol. The fourth-order valence-electron chi connectivity index (χ4n) is 2.94. The predicted octanol–water partition coefficient (Wildman–Crippen LogP) is 4.56. The van der Waals surface area contributed by atoms with E-state index in [1.807, 2.05) is 24.3 Å². The molecule has 0 radical (unpaired) electrons. The van der Waals surface area contributed by atoms with Crippen molar-refractivity contribution in [3.05, 3.63) is 59.0 Å². The van der Waals surface area contributed by atoms with E-state index in [1.165, 1.54) is 28.4 Å². The van der Waals surface area contributed by atoms with Crippen molar-refractivity contribution in [3.63, 3.8) is 0 Å².